The summed E-state index contributed by atoms with van der Waals surface area (Å²) in [5.41, 5.74) is -2.29. The van der Waals surface area contributed by atoms with Crippen molar-refractivity contribution in [2.24, 2.45) is 0 Å². The minimum absolute atomic E-state index is 0.0320. The highest BCUT2D eigenvalue weighted by molar-refractivity contribution is 6.31. The second-order valence-corrected chi connectivity index (χ2v) is 6.41. The molecule has 0 spiro atoms. The maximum absolute atomic E-state index is 15.4. The Morgan fingerprint density at radius 3 is 2.80 bits per heavy atom. The first-order chi connectivity index (χ1) is 11.8. The third-order valence-corrected chi connectivity index (χ3v) is 4.93. The summed E-state index contributed by atoms with van der Waals surface area (Å²) >= 11 is 5.74. The van der Waals surface area contributed by atoms with Crippen LogP contribution in [0.15, 0.2) is 30.5 Å². The molecule has 1 heterocycles. The van der Waals surface area contributed by atoms with E-state index < -0.39 is 34.2 Å². The first-order valence-electron chi connectivity index (χ1n) is 7.82. The summed E-state index contributed by atoms with van der Waals surface area (Å²) < 4.78 is 42.7. The lowest BCUT2D eigenvalue weighted by Crippen LogP contribution is -2.37. The van der Waals surface area contributed by atoms with Crippen LogP contribution in [0.3, 0.4) is 0 Å². The van der Waals surface area contributed by atoms with Gasteiger partial charge in [0.25, 0.3) is 0 Å². The van der Waals surface area contributed by atoms with Crippen LogP contribution in [0.1, 0.15) is 42.2 Å². The number of hydrogen-bond donors (Lipinski definition) is 1. The van der Waals surface area contributed by atoms with Gasteiger partial charge in [0, 0.05) is 23.7 Å². The molecule has 1 aromatic heterocycles. The van der Waals surface area contributed by atoms with Gasteiger partial charge in [-0.25, -0.2) is 13.2 Å². The third-order valence-electron chi connectivity index (χ3n) is 4.53. The van der Waals surface area contributed by atoms with Crippen molar-refractivity contribution in [3.8, 4) is 0 Å². The van der Waals surface area contributed by atoms with Crippen LogP contribution in [0, 0.1) is 11.6 Å². The minimum atomic E-state index is -2.31. The predicted octanol–water partition coefficient (Wildman–Crippen LogP) is 4.21. The number of carbonyl (C=O) groups excluding carboxylic acids is 1. The molecule has 1 aliphatic rings. The number of aliphatic hydroxyl groups is 1. The Morgan fingerprint density at radius 1 is 1.32 bits per heavy atom. The zero-order chi connectivity index (χ0) is 18.2. The zero-order valence-electron chi connectivity index (χ0n) is 13.1. The molecule has 0 bridgehead atoms. The Bertz CT molecular complexity index is 830. The summed E-state index contributed by atoms with van der Waals surface area (Å²) in [4.78, 5) is 16.5. The number of hydrogen-bond acceptors (Lipinski definition) is 3. The van der Waals surface area contributed by atoms with E-state index in [1.165, 1.54) is 18.3 Å². The highest BCUT2D eigenvalue weighted by atomic mass is 35.5. The van der Waals surface area contributed by atoms with E-state index in [2.05, 4.69) is 4.98 Å². The Hall–Kier alpha value is -1.92. The van der Waals surface area contributed by atoms with Crippen molar-refractivity contribution < 1.29 is 23.1 Å². The molecule has 2 aromatic rings. The number of carbonyl (C=O) groups is 1. The molecule has 3 nitrogen and oxygen atoms in total. The minimum Gasteiger partial charge on any atom is -0.387 e. The molecule has 132 valence electrons. The van der Waals surface area contributed by atoms with E-state index >= 15 is 4.39 Å². The maximum atomic E-state index is 15.4. The molecule has 25 heavy (non-hydrogen) atoms. The van der Waals surface area contributed by atoms with Gasteiger partial charge in [-0.15, -0.1) is 0 Å². The average Bonchev–Trinajstić information content (AvgIpc) is 2.61. The number of alkyl halides is 1. The van der Waals surface area contributed by atoms with Crippen LogP contribution in [0.2, 0.25) is 5.02 Å². The summed E-state index contributed by atoms with van der Waals surface area (Å²) in [5, 5.41) is 9.54. The highest BCUT2D eigenvalue weighted by Gasteiger charge is 2.46. The molecule has 3 rings (SSSR count). The standard InChI is InChI=1S/C18H15ClF3NO2/c19-16-10(12(20)4-5-13(16)21)3-6-15(25)18(22)8-7-14(24)17-11(18)2-1-9-23-17/h1-2,4-5,9,14,24H,3,6-8H2/t14-,18-/m0/s1. The number of Topliss-reactive ketones (excluding diaryl/α,β-unsaturated/α-hetero) is 1. The number of fused-ring (bicyclic) bond motifs is 1. The number of ketones is 1. The van der Waals surface area contributed by atoms with Crippen molar-refractivity contribution in [3.63, 3.8) is 0 Å². The van der Waals surface area contributed by atoms with Gasteiger partial charge < -0.3 is 5.11 Å². The Kier molecular flexibility index (Phi) is 4.84. The summed E-state index contributed by atoms with van der Waals surface area (Å²) in [6.07, 6.45) is -0.207. The van der Waals surface area contributed by atoms with Crippen molar-refractivity contribution in [1.82, 2.24) is 4.98 Å². The lowest BCUT2D eigenvalue weighted by Gasteiger charge is -2.32. The van der Waals surface area contributed by atoms with Gasteiger partial charge in [0.2, 0.25) is 0 Å². The molecule has 0 amide bonds. The van der Waals surface area contributed by atoms with Gasteiger partial charge in [-0.3, -0.25) is 9.78 Å². The Labute approximate surface area is 147 Å². The molecule has 0 fully saturated rings. The normalized spacial score (nSPS) is 22.5. The van der Waals surface area contributed by atoms with Crippen molar-refractivity contribution in [2.45, 2.75) is 37.5 Å². The Balaban J connectivity index is 1.85. The number of halogens is 4. The molecule has 7 heteroatoms. The quantitative estimate of drug-likeness (QED) is 0.821. The summed E-state index contributed by atoms with van der Waals surface area (Å²) in [7, 11) is 0. The maximum Gasteiger partial charge on any atom is 0.195 e. The molecule has 0 saturated heterocycles. The monoisotopic (exact) mass is 369 g/mol. The molecule has 2 atom stereocenters. The molecule has 0 radical (unpaired) electrons. The zero-order valence-corrected chi connectivity index (χ0v) is 13.9. The third kappa shape index (κ3) is 3.16. The van der Waals surface area contributed by atoms with Gasteiger partial charge in [0.1, 0.15) is 11.6 Å². The lowest BCUT2D eigenvalue weighted by molar-refractivity contribution is -0.133. The fourth-order valence-corrected chi connectivity index (χ4v) is 3.40. The van der Waals surface area contributed by atoms with Crippen LogP contribution < -0.4 is 0 Å². The van der Waals surface area contributed by atoms with Crippen LogP contribution in [0.25, 0.3) is 0 Å². The summed E-state index contributed by atoms with van der Waals surface area (Å²) in [5.74, 6) is -2.31. The number of aromatic nitrogens is 1. The molecule has 1 N–H and O–H groups in total. The van der Waals surface area contributed by atoms with Crippen LogP contribution in [0.4, 0.5) is 13.2 Å². The smallest absolute Gasteiger partial charge is 0.195 e. The van der Waals surface area contributed by atoms with Crippen LogP contribution in [-0.2, 0) is 16.9 Å². The largest absolute Gasteiger partial charge is 0.387 e. The number of aliphatic hydroxyl groups excluding tert-OH is 1. The first-order valence-corrected chi connectivity index (χ1v) is 8.20. The van der Waals surface area contributed by atoms with E-state index in [1.807, 2.05) is 0 Å². The lowest BCUT2D eigenvalue weighted by atomic mass is 9.77. The molecule has 0 aliphatic heterocycles. The van der Waals surface area contributed by atoms with E-state index in [9.17, 15) is 18.7 Å². The van der Waals surface area contributed by atoms with Crippen molar-refractivity contribution in [1.29, 1.82) is 0 Å². The van der Waals surface area contributed by atoms with Crippen LogP contribution >= 0.6 is 11.6 Å². The molecule has 1 aliphatic carbocycles. The Morgan fingerprint density at radius 2 is 2.04 bits per heavy atom. The van der Waals surface area contributed by atoms with E-state index in [0.29, 0.717) is 0 Å². The fourth-order valence-electron chi connectivity index (χ4n) is 3.15. The van der Waals surface area contributed by atoms with Crippen LogP contribution in [0.5, 0.6) is 0 Å². The van der Waals surface area contributed by atoms with E-state index in [1.54, 1.807) is 0 Å². The number of nitrogens with zero attached hydrogens (tertiary/aromatic N) is 1. The second kappa shape index (κ2) is 6.77. The fraction of sp³-hybridized carbons (Fsp3) is 0.333. The molecular weight excluding hydrogens is 355 g/mol. The first kappa shape index (κ1) is 17.9. The second-order valence-electron chi connectivity index (χ2n) is 6.04. The van der Waals surface area contributed by atoms with Gasteiger partial charge >= 0.3 is 0 Å². The van der Waals surface area contributed by atoms with E-state index in [0.717, 1.165) is 12.1 Å². The van der Waals surface area contributed by atoms with Crippen molar-refractivity contribution in [3.05, 3.63) is 63.9 Å². The number of rotatable bonds is 4. The van der Waals surface area contributed by atoms with E-state index in [4.69, 9.17) is 11.6 Å². The van der Waals surface area contributed by atoms with Crippen molar-refractivity contribution >= 4 is 17.4 Å². The summed E-state index contributed by atoms with van der Waals surface area (Å²) in [6, 6.07) is 4.71. The van der Waals surface area contributed by atoms with Crippen molar-refractivity contribution in [2.75, 3.05) is 0 Å². The molecule has 0 unspecified atom stereocenters. The van der Waals surface area contributed by atoms with Gasteiger partial charge in [0.15, 0.2) is 11.5 Å². The SMILES string of the molecule is O=C(CCc1c(F)ccc(F)c1Cl)[C@]1(F)CC[C@H](O)c2ncccc21. The van der Waals surface area contributed by atoms with E-state index in [-0.39, 0.29) is 42.5 Å². The predicted molar refractivity (Wildman–Crippen MR) is 85.9 cm³/mol. The van der Waals surface area contributed by atoms with Gasteiger partial charge in [-0.2, -0.15) is 0 Å². The summed E-state index contributed by atoms with van der Waals surface area (Å²) in [6.45, 7) is 0. The highest BCUT2D eigenvalue weighted by Crippen LogP contribution is 2.43. The van der Waals surface area contributed by atoms with Crippen LogP contribution in [-0.4, -0.2) is 15.9 Å². The number of pyridine rings is 1. The topological polar surface area (TPSA) is 50.2 Å². The van der Waals surface area contributed by atoms with Gasteiger partial charge in [0.05, 0.1) is 16.8 Å². The molecule has 0 saturated carbocycles. The average molecular weight is 370 g/mol. The van der Waals surface area contributed by atoms with Gasteiger partial charge in [-0.1, -0.05) is 17.7 Å². The van der Waals surface area contributed by atoms with Gasteiger partial charge in [-0.05, 0) is 37.5 Å². The molecule has 1 aromatic carbocycles. The number of benzene rings is 1. The molecular formula is C18H15ClF3NO2.